The molecule has 0 atom stereocenters. The summed E-state index contributed by atoms with van der Waals surface area (Å²) in [6.07, 6.45) is 1.43. The Morgan fingerprint density at radius 2 is 2.15 bits per heavy atom. The highest BCUT2D eigenvalue weighted by molar-refractivity contribution is 7.92. The van der Waals surface area contributed by atoms with Crippen molar-refractivity contribution in [2.45, 2.75) is 11.8 Å². The summed E-state index contributed by atoms with van der Waals surface area (Å²) in [4.78, 5) is -0.0475. The van der Waals surface area contributed by atoms with Crippen molar-refractivity contribution in [3.63, 3.8) is 0 Å². The topological polar surface area (TPSA) is 87.8 Å². The van der Waals surface area contributed by atoms with Crippen molar-refractivity contribution in [1.82, 2.24) is 9.78 Å². The summed E-state index contributed by atoms with van der Waals surface area (Å²) < 4.78 is 28.2. The molecule has 0 aliphatic carbocycles. The third-order valence-corrected chi connectivity index (χ3v) is 4.62. The molecule has 0 aliphatic heterocycles. The van der Waals surface area contributed by atoms with Crippen LogP contribution in [0.15, 0.2) is 29.3 Å². The SMILES string of the molecule is Cc1cccc(S(=O)(=O)Nc2nn(C)cc2C#N)c1Cl. The Morgan fingerprint density at radius 1 is 1.45 bits per heavy atom. The second-order valence-corrected chi connectivity index (χ2v) is 6.20. The average molecular weight is 311 g/mol. The molecule has 1 heterocycles. The predicted octanol–water partition coefficient (Wildman–Crippen LogP) is 2.05. The third-order valence-electron chi connectivity index (χ3n) is 2.63. The van der Waals surface area contributed by atoms with Crippen LogP contribution in [-0.4, -0.2) is 18.2 Å². The molecule has 2 rings (SSSR count). The number of anilines is 1. The molecule has 8 heteroatoms. The molecular formula is C12H11ClN4O2S. The monoisotopic (exact) mass is 310 g/mol. The Morgan fingerprint density at radius 3 is 2.80 bits per heavy atom. The van der Waals surface area contributed by atoms with E-state index in [0.29, 0.717) is 5.56 Å². The summed E-state index contributed by atoms with van der Waals surface area (Å²) in [5.41, 5.74) is 0.788. The van der Waals surface area contributed by atoms with Crippen molar-refractivity contribution in [3.8, 4) is 6.07 Å². The minimum atomic E-state index is -3.89. The Balaban J connectivity index is 2.47. The summed E-state index contributed by atoms with van der Waals surface area (Å²) >= 11 is 6.01. The molecule has 0 amide bonds. The first-order valence-corrected chi connectivity index (χ1v) is 7.43. The zero-order chi connectivity index (χ0) is 14.9. The Labute approximate surface area is 121 Å². The zero-order valence-corrected chi connectivity index (χ0v) is 12.3. The van der Waals surface area contributed by atoms with E-state index < -0.39 is 10.0 Å². The number of sulfonamides is 1. The van der Waals surface area contributed by atoms with Crippen molar-refractivity contribution < 1.29 is 8.42 Å². The normalized spacial score (nSPS) is 11.1. The van der Waals surface area contributed by atoms with E-state index in [9.17, 15) is 8.42 Å². The lowest BCUT2D eigenvalue weighted by atomic mass is 10.2. The van der Waals surface area contributed by atoms with Crippen molar-refractivity contribution in [3.05, 3.63) is 40.5 Å². The van der Waals surface area contributed by atoms with E-state index in [-0.39, 0.29) is 21.3 Å². The number of benzene rings is 1. The van der Waals surface area contributed by atoms with Crippen molar-refractivity contribution in [1.29, 1.82) is 5.26 Å². The average Bonchev–Trinajstić information content (AvgIpc) is 2.71. The lowest BCUT2D eigenvalue weighted by molar-refractivity contribution is 0.601. The van der Waals surface area contributed by atoms with Crippen LogP contribution in [0.25, 0.3) is 0 Å². The van der Waals surface area contributed by atoms with E-state index >= 15 is 0 Å². The molecule has 0 saturated carbocycles. The molecule has 20 heavy (non-hydrogen) atoms. The van der Waals surface area contributed by atoms with Crippen LogP contribution in [0.2, 0.25) is 5.02 Å². The number of nitriles is 1. The summed E-state index contributed by atoms with van der Waals surface area (Å²) in [5, 5.41) is 13.0. The standard InChI is InChI=1S/C12H11ClN4O2S/c1-8-4-3-5-10(11(8)13)20(18,19)16-12-9(6-14)7-17(2)15-12/h3-5,7H,1-2H3,(H,15,16). The maximum Gasteiger partial charge on any atom is 0.264 e. The maximum atomic E-state index is 12.3. The second-order valence-electron chi connectivity index (χ2n) is 4.17. The Hall–Kier alpha value is -2.04. The van der Waals surface area contributed by atoms with Gasteiger partial charge in [0.25, 0.3) is 10.0 Å². The van der Waals surface area contributed by atoms with Gasteiger partial charge in [0.2, 0.25) is 0 Å². The fraction of sp³-hybridized carbons (Fsp3) is 0.167. The van der Waals surface area contributed by atoms with Crippen LogP contribution in [0.1, 0.15) is 11.1 Å². The molecule has 0 fully saturated rings. The molecule has 104 valence electrons. The molecular weight excluding hydrogens is 300 g/mol. The van der Waals surface area contributed by atoms with Crippen LogP contribution in [0.3, 0.4) is 0 Å². The number of halogens is 1. The number of hydrogen-bond donors (Lipinski definition) is 1. The number of nitrogens with one attached hydrogen (secondary N) is 1. The third kappa shape index (κ3) is 2.61. The summed E-state index contributed by atoms with van der Waals surface area (Å²) in [6, 6.07) is 6.58. The molecule has 0 radical (unpaired) electrons. The van der Waals surface area contributed by atoms with Crippen LogP contribution in [-0.2, 0) is 17.1 Å². The molecule has 0 aliphatic rings. The van der Waals surface area contributed by atoms with Gasteiger partial charge in [0.05, 0.1) is 5.02 Å². The van der Waals surface area contributed by atoms with Gasteiger partial charge in [-0.1, -0.05) is 23.7 Å². The van der Waals surface area contributed by atoms with E-state index in [0.717, 1.165) is 0 Å². The van der Waals surface area contributed by atoms with Gasteiger partial charge >= 0.3 is 0 Å². The summed E-state index contributed by atoms with van der Waals surface area (Å²) in [7, 11) is -2.30. The van der Waals surface area contributed by atoms with Crippen LogP contribution >= 0.6 is 11.6 Å². The number of rotatable bonds is 3. The number of nitrogens with zero attached hydrogens (tertiary/aromatic N) is 3. The van der Waals surface area contributed by atoms with Gasteiger partial charge in [-0.05, 0) is 18.6 Å². The Bertz CT molecular complexity index is 805. The molecule has 6 nitrogen and oxygen atoms in total. The van der Waals surface area contributed by atoms with E-state index in [1.165, 1.54) is 16.9 Å². The number of aryl methyl sites for hydroxylation is 2. The highest BCUT2D eigenvalue weighted by Crippen LogP contribution is 2.26. The van der Waals surface area contributed by atoms with E-state index in [2.05, 4.69) is 9.82 Å². The van der Waals surface area contributed by atoms with Crippen LogP contribution in [0, 0.1) is 18.3 Å². The van der Waals surface area contributed by atoms with Gasteiger partial charge in [-0.25, -0.2) is 8.42 Å². The van der Waals surface area contributed by atoms with Gasteiger partial charge in [-0.15, -0.1) is 0 Å². The van der Waals surface area contributed by atoms with Gasteiger partial charge in [0.15, 0.2) is 5.82 Å². The van der Waals surface area contributed by atoms with Gasteiger partial charge in [-0.2, -0.15) is 10.4 Å². The molecule has 1 N–H and O–H groups in total. The fourth-order valence-corrected chi connectivity index (χ4v) is 3.26. The minimum Gasteiger partial charge on any atom is -0.272 e. The van der Waals surface area contributed by atoms with Crippen LogP contribution < -0.4 is 4.72 Å². The smallest absolute Gasteiger partial charge is 0.264 e. The Kier molecular flexibility index (Phi) is 3.70. The lowest BCUT2D eigenvalue weighted by Crippen LogP contribution is -2.15. The summed E-state index contributed by atoms with van der Waals surface area (Å²) in [5.74, 6) is -0.0208. The van der Waals surface area contributed by atoms with E-state index in [1.54, 1.807) is 26.1 Å². The lowest BCUT2D eigenvalue weighted by Gasteiger charge is -2.09. The predicted molar refractivity (Wildman–Crippen MR) is 74.9 cm³/mol. The largest absolute Gasteiger partial charge is 0.272 e. The van der Waals surface area contributed by atoms with Gasteiger partial charge in [0, 0.05) is 13.2 Å². The highest BCUT2D eigenvalue weighted by Gasteiger charge is 2.21. The van der Waals surface area contributed by atoms with Gasteiger partial charge in [0.1, 0.15) is 16.5 Å². The highest BCUT2D eigenvalue weighted by atomic mass is 35.5. The molecule has 0 unspecified atom stereocenters. The van der Waals surface area contributed by atoms with Crippen molar-refractivity contribution in [2.24, 2.45) is 7.05 Å². The molecule has 0 bridgehead atoms. The number of hydrogen-bond acceptors (Lipinski definition) is 4. The van der Waals surface area contributed by atoms with Gasteiger partial charge in [-0.3, -0.25) is 9.40 Å². The molecule has 0 saturated heterocycles. The maximum absolute atomic E-state index is 12.3. The van der Waals surface area contributed by atoms with E-state index in [1.807, 2.05) is 6.07 Å². The first-order valence-electron chi connectivity index (χ1n) is 5.57. The first-order chi connectivity index (χ1) is 9.35. The van der Waals surface area contributed by atoms with Crippen LogP contribution in [0.5, 0.6) is 0 Å². The molecule has 0 spiro atoms. The first kappa shape index (κ1) is 14.4. The minimum absolute atomic E-state index is 0.0208. The van der Waals surface area contributed by atoms with Gasteiger partial charge < -0.3 is 0 Å². The molecule has 2 aromatic rings. The molecule has 1 aromatic heterocycles. The van der Waals surface area contributed by atoms with Crippen LogP contribution in [0.4, 0.5) is 5.82 Å². The quantitative estimate of drug-likeness (QED) is 0.939. The number of aromatic nitrogens is 2. The molecule has 1 aromatic carbocycles. The second kappa shape index (κ2) is 5.15. The zero-order valence-electron chi connectivity index (χ0n) is 10.8. The van der Waals surface area contributed by atoms with Crippen molar-refractivity contribution in [2.75, 3.05) is 4.72 Å². The van der Waals surface area contributed by atoms with E-state index in [4.69, 9.17) is 16.9 Å². The van der Waals surface area contributed by atoms with Crippen molar-refractivity contribution >= 4 is 27.4 Å². The fourth-order valence-electron chi connectivity index (χ4n) is 1.66. The summed E-state index contributed by atoms with van der Waals surface area (Å²) in [6.45, 7) is 1.71.